The van der Waals surface area contributed by atoms with Crippen LogP contribution in [0.25, 0.3) is 10.6 Å². The van der Waals surface area contributed by atoms with Gasteiger partial charge in [-0.05, 0) is 35.4 Å². The molecule has 3 aromatic carbocycles. The van der Waals surface area contributed by atoms with Gasteiger partial charge in [-0.15, -0.1) is 11.3 Å². The van der Waals surface area contributed by atoms with Crippen LogP contribution in [-0.4, -0.2) is 17.7 Å². The molecule has 156 valence electrons. The first kappa shape index (κ1) is 20.6. The number of nitrogens with zero attached hydrogens (tertiary/aromatic N) is 1. The van der Waals surface area contributed by atoms with Gasteiger partial charge in [-0.25, -0.2) is 9.78 Å². The molecule has 0 unspecified atom stereocenters. The molecule has 0 fully saturated rings. The van der Waals surface area contributed by atoms with Crippen LogP contribution in [0.2, 0.25) is 0 Å². The van der Waals surface area contributed by atoms with Gasteiger partial charge >= 0.3 is 6.09 Å². The Kier molecular flexibility index (Phi) is 6.92. The number of amides is 1. The van der Waals surface area contributed by atoms with Gasteiger partial charge < -0.3 is 14.8 Å². The third kappa shape index (κ3) is 5.93. The van der Waals surface area contributed by atoms with Gasteiger partial charge in [0.25, 0.3) is 0 Å². The van der Waals surface area contributed by atoms with E-state index in [0.29, 0.717) is 0 Å². The number of carbonyl (C=O) groups is 1. The molecule has 0 aliphatic heterocycles. The number of ether oxygens (including phenoxy) is 2. The molecule has 0 aliphatic carbocycles. The third-order valence-corrected chi connectivity index (χ3v) is 5.48. The quantitative estimate of drug-likeness (QED) is 0.381. The zero-order valence-electron chi connectivity index (χ0n) is 16.8. The Morgan fingerprint density at radius 1 is 0.935 bits per heavy atom. The Hall–Kier alpha value is -3.64. The first-order valence-electron chi connectivity index (χ1n) is 9.93. The van der Waals surface area contributed by atoms with Crippen molar-refractivity contribution in [1.29, 1.82) is 0 Å². The maximum absolute atomic E-state index is 12.4. The molecule has 1 amide bonds. The molecule has 4 aromatic rings. The van der Waals surface area contributed by atoms with Crippen LogP contribution in [0.5, 0.6) is 5.75 Å². The standard InChI is InChI=1S/C25H22N2O3S/c28-25(30-17-19-7-3-1-4-8-19)27-23(20-9-5-2-6-10-20)18-29-22-13-11-21(12-14-22)24-26-15-16-31-24/h1-16,23H,17-18H2,(H,27,28)/t23-/m0/s1. The SMILES string of the molecule is O=C(N[C@@H](COc1ccc(-c2nccs2)cc1)c1ccccc1)OCc1ccccc1. The van der Waals surface area contributed by atoms with Gasteiger partial charge in [-0.1, -0.05) is 60.7 Å². The number of alkyl carbamates (subject to hydrolysis) is 1. The van der Waals surface area contributed by atoms with Crippen molar-refractivity contribution < 1.29 is 14.3 Å². The normalized spacial score (nSPS) is 11.5. The maximum atomic E-state index is 12.4. The lowest BCUT2D eigenvalue weighted by molar-refractivity contribution is 0.131. The first-order chi connectivity index (χ1) is 15.3. The molecule has 0 radical (unpaired) electrons. The largest absolute Gasteiger partial charge is 0.491 e. The fourth-order valence-corrected chi connectivity index (χ4v) is 3.70. The van der Waals surface area contributed by atoms with Gasteiger partial charge in [-0.2, -0.15) is 0 Å². The second-order valence-electron chi connectivity index (χ2n) is 6.84. The molecule has 0 spiro atoms. The lowest BCUT2D eigenvalue weighted by Gasteiger charge is -2.20. The van der Waals surface area contributed by atoms with E-state index in [0.717, 1.165) is 27.4 Å². The van der Waals surface area contributed by atoms with E-state index in [-0.39, 0.29) is 19.3 Å². The van der Waals surface area contributed by atoms with Gasteiger partial charge in [0, 0.05) is 17.1 Å². The molecule has 6 heteroatoms. The zero-order chi connectivity index (χ0) is 21.3. The maximum Gasteiger partial charge on any atom is 0.408 e. The molecule has 0 aliphatic rings. The summed E-state index contributed by atoms with van der Waals surface area (Å²) in [6.45, 7) is 0.494. The molecule has 5 nitrogen and oxygen atoms in total. The summed E-state index contributed by atoms with van der Waals surface area (Å²) in [5, 5.41) is 5.83. The predicted octanol–water partition coefficient (Wildman–Crippen LogP) is 5.86. The molecule has 0 saturated carbocycles. The highest BCUT2D eigenvalue weighted by Gasteiger charge is 2.16. The Morgan fingerprint density at radius 3 is 2.32 bits per heavy atom. The smallest absolute Gasteiger partial charge is 0.408 e. The van der Waals surface area contributed by atoms with Crippen LogP contribution in [-0.2, 0) is 11.3 Å². The van der Waals surface area contributed by atoms with Crippen LogP contribution in [0.1, 0.15) is 17.2 Å². The van der Waals surface area contributed by atoms with E-state index in [1.165, 1.54) is 0 Å². The summed E-state index contributed by atoms with van der Waals surface area (Å²) in [5.41, 5.74) is 2.92. The Balaban J connectivity index is 1.38. The summed E-state index contributed by atoms with van der Waals surface area (Å²) in [5.74, 6) is 0.723. The lowest BCUT2D eigenvalue weighted by Crippen LogP contribution is -2.32. The van der Waals surface area contributed by atoms with E-state index in [4.69, 9.17) is 9.47 Å². The Bertz CT molecular complexity index is 1070. The van der Waals surface area contributed by atoms with Gasteiger partial charge in [0.1, 0.15) is 24.0 Å². The van der Waals surface area contributed by atoms with E-state index < -0.39 is 6.09 Å². The zero-order valence-corrected chi connectivity index (χ0v) is 17.6. The first-order valence-corrected chi connectivity index (χ1v) is 10.8. The number of carbonyl (C=O) groups excluding carboxylic acids is 1. The van der Waals surface area contributed by atoms with Crippen LogP contribution < -0.4 is 10.1 Å². The predicted molar refractivity (Wildman–Crippen MR) is 122 cm³/mol. The summed E-state index contributed by atoms with van der Waals surface area (Å²) >= 11 is 1.59. The van der Waals surface area contributed by atoms with Crippen LogP contribution in [0.4, 0.5) is 4.79 Å². The van der Waals surface area contributed by atoms with Gasteiger partial charge in [0.2, 0.25) is 0 Å². The van der Waals surface area contributed by atoms with Crippen molar-refractivity contribution in [3.05, 3.63) is 108 Å². The van der Waals surface area contributed by atoms with E-state index in [1.807, 2.05) is 90.3 Å². The molecule has 1 N–H and O–H groups in total. The summed E-state index contributed by atoms with van der Waals surface area (Å²) in [7, 11) is 0. The molecule has 0 saturated heterocycles. The van der Waals surface area contributed by atoms with Crippen molar-refractivity contribution in [2.24, 2.45) is 0 Å². The van der Waals surface area contributed by atoms with Gasteiger partial charge in [-0.3, -0.25) is 0 Å². The van der Waals surface area contributed by atoms with Crippen molar-refractivity contribution in [1.82, 2.24) is 10.3 Å². The summed E-state index contributed by atoms with van der Waals surface area (Å²) in [6, 6.07) is 26.7. The molecule has 1 aromatic heterocycles. The van der Waals surface area contributed by atoms with Crippen LogP contribution in [0.3, 0.4) is 0 Å². The van der Waals surface area contributed by atoms with Crippen LogP contribution >= 0.6 is 11.3 Å². The highest BCUT2D eigenvalue weighted by Crippen LogP contribution is 2.25. The molecule has 4 rings (SSSR count). The molecule has 1 atom stereocenters. The number of hydrogen-bond acceptors (Lipinski definition) is 5. The monoisotopic (exact) mass is 430 g/mol. The molecular formula is C25H22N2O3S. The number of hydrogen-bond donors (Lipinski definition) is 1. The van der Waals surface area contributed by atoms with Crippen molar-refractivity contribution in [2.75, 3.05) is 6.61 Å². The average Bonchev–Trinajstić information content (AvgIpc) is 3.37. The highest BCUT2D eigenvalue weighted by atomic mass is 32.1. The van der Waals surface area contributed by atoms with Crippen molar-refractivity contribution in [3.63, 3.8) is 0 Å². The van der Waals surface area contributed by atoms with Gasteiger partial charge in [0.15, 0.2) is 0 Å². The van der Waals surface area contributed by atoms with E-state index in [2.05, 4.69) is 10.3 Å². The Labute approximate surface area is 185 Å². The number of rotatable bonds is 8. The van der Waals surface area contributed by atoms with E-state index >= 15 is 0 Å². The molecular weight excluding hydrogens is 408 g/mol. The van der Waals surface area contributed by atoms with E-state index in [1.54, 1.807) is 17.5 Å². The summed E-state index contributed by atoms with van der Waals surface area (Å²) in [4.78, 5) is 16.7. The Morgan fingerprint density at radius 2 is 1.65 bits per heavy atom. The van der Waals surface area contributed by atoms with Crippen LogP contribution in [0.15, 0.2) is 96.5 Å². The minimum atomic E-state index is -0.486. The van der Waals surface area contributed by atoms with E-state index in [9.17, 15) is 4.79 Å². The number of benzene rings is 3. The van der Waals surface area contributed by atoms with Gasteiger partial charge in [0.05, 0.1) is 6.04 Å². The number of aromatic nitrogens is 1. The minimum absolute atomic E-state index is 0.216. The number of thiazole rings is 1. The summed E-state index contributed by atoms with van der Waals surface area (Å²) < 4.78 is 11.3. The van der Waals surface area contributed by atoms with Crippen molar-refractivity contribution in [3.8, 4) is 16.3 Å². The second-order valence-corrected chi connectivity index (χ2v) is 7.74. The molecule has 1 heterocycles. The van der Waals surface area contributed by atoms with Crippen molar-refractivity contribution in [2.45, 2.75) is 12.6 Å². The third-order valence-electron chi connectivity index (χ3n) is 4.66. The fraction of sp³-hybridized carbons (Fsp3) is 0.120. The second kappa shape index (κ2) is 10.4. The van der Waals surface area contributed by atoms with Crippen LogP contribution in [0, 0.1) is 0 Å². The highest BCUT2D eigenvalue weighted by molar-refractivity contribution is 7.13. The fourth-order valence-electron chi connectivity index (χ4n) is 3.05. The molecule has 31 heavy (non-hydrogen) atoms. The van der Waals surface area contributed by atoms with Crippen molar-refractivity contribution >= 4 is 17.4 Å². The lowest BCUT2D eigenvalue weighted by atomic mass is 10.1. The average molecular weight is 431 g/mol. The molecule has 0 bridgehead atoms. The summed E-state index contributed by atoms with van der Waals surface area (Å²) in [6.07, 6.45) is 1.30. The number of nitrogens with one attached hydrogen (secondary N) is 1. The topological polar surface area (TPSA) is 60.5 Å². The minimum Gasteiger partial charge on any atom is -0.491 e.